The predicted octanol–water partition coefficient (Wildman–Crippen LogP) is 3.33. The zero-order valence-corrected chi connectivity index (χ0v) is 14.6. The van der Waals surface area contributed by atoms with Crippen LogP contribution in [0.4, 0.5) is 24.7 Å². The van der Waals surface area contributed by atoms with E-state index >= 15 is 0 Å². The maximum atomic E-state index is 12.9. The average Bonchev–Trinajstić information content (AvgIpc) is 3.25. The Hall–Kier alpha value is -3.89. The second kappa shape index (κ2) is 6.93. The number of nitrogens with one attached hydrogen (secondary N) is 1. The lowest BCUT2D eigenvalue weighted by Crippen LogP contribution is -2.20. The van der Waals surface area contributed by atoms with Crippen LogP contribution in [0.25, 0.3) is 22.6 Å². The van der Waals surface area contributed by atoms with Crippen molar-refractivity contribution in [2.75, 3.05) is 11.1 Å². The van der Waals surface area contributed by atoms with Crippen LogP contribution in [-0.4, -0.2) is 25.8 Å². The van der Waals surface area contributed by atoms with Crippen LogP contribution in [-0.2, 0) is 17.5 Å². The topological polar surface area (TPSA) is 112 Å². The summed E-state index contributed by atoms with van der Waals surface area (Å²) in [5.41, 5.74) is 6.27. The molecule has 2 aromatic heterocycles. The molecule has 0 aliphatic rings. The third-order valence-corrected chi connectivity index (χ3v) is 4.16. The molecule has 0 fully saturated rings. The Morgan fingerprint density at radius 1 is 1.14 bits per heavy atom. The van der Waals surface area contributed by atoms with Gasteiger partial charge in [-0.15, -0.1) is 0 Å². The first-order valence-electron chi connectivity index (χ1n) is 8.34. The van der Waals surface area contributed by atoms with Crippen molar-refractivity contribution in [1.29, 1.82) is 0 Å². The molecule has 0 radical (unpaired) electrons. The Morgan fingerprint density at radius 2 is 1.93 bits per heavy atom. The van der Waals surface area contributed by atoms with Crippen LogP contribution in [0.5, 0.6) is 0 Å². The molecule has 29 heavy (non-hydrogen) atoms. The summed E-state index contributed by atoms with van der Waals surface area (Å²) in [6, 6.07) is 11.4. The summed E-state index contributed by atoms with van der Waals surface area (Å²) >= 11 is 0. The third kappa shape index (κ3) is 3.61. The number of carbonyl (C=O) groups is 1. The highest BCUT2D eigenvalue weighted by Crippen LogP contribution is 2.31. The van der Waals surface area contributed by atoms with Crippen LogP contribution in [0, 0.1) is 0 Å². The monoisotopic (exact) mass is 402 g/mol. The van der Waals surface area contributed by atoms with Gasteiger partial charge < -0.3 is 15.6 Å². The van der Waals surface area contributed by atoms with Gasteiger partial charge in [0.1, 0.15) is 6.54 Å². The molecule has 11 heteroatoms. The number of halogens is 3. The molecule has 2 heterocycles. The minimum Gasteiger partial charge on any atom is -0.379 e. The number of anilines is 2. The second-order valence-corrected chi connectivity index (χ2v) is 6.14. The Kier molecular flexibility index (Phi) is 4.41. The molecule has 0 atom stereocenters. The molecule has 2 aromatic carbocycles. The van der Waals surface area contributed by atoms with Crippen LogP contribution in [0.15, 0.2) is 53.2 Å². The first-order chi connectivity index (χ1) is 13.8. The van der Waals surface area contributed by atoms with Crippen molar-refractivity contribution in [2.45, 2.75) is 12.7 Å². The molecule has 0 saturated heterocycles. The smallest absolute Gasteiger partial charge is 0.379 e. The summed E-state index contributed by atoms with van der Waals surface area (Å²) in [7, 11) is 0. The van der Waals surface area contributed by atoms with E-state index in [0.29, 0.717) is 11.0 Å². The van der Waals surface area contributed by atoms with E-state index in [1.54, 1.807) is 24.3 Å². The normalized spacial score (nSPS) is 11.7. The van der Waals surface area contributed by atoms with Crippen LogP contribution in [0.1, 0.15) is 5.56 Å². The lowest BCUT2D eigenvalue weighted by atomic mass is 10.2. The number of nitrogen functional groups attached to an aromatic ring is 1. The van der Waals surface area contributed by atoms with Gasteiger partial charge in [0, 0.05) is 5.69 Å². The number of carbonyl (C=O) groups excluding carboxylic acids is 1. The summed E-state index contributed by atoms with van der Waals surface area (Å²) in [5.74, 6) is -0.298. The lowest BCUT2D eigenvalue weighted by molar-refractivity contribution is -0.137. The number of hydrogen-bond acceptors (Lipinski definition) is 6. The van der Waals surface area contributed by atoms with E-state index in [0.717, 1.165) is 12.1 Å². The zero-order valence-electron chi connectivity index (χ0n) is 14.6. The molecule has 1 amide bonds. The number of imidazole rings is 1. The Labute approximate surface area is 161 Å². The van der Waals surface area contributed by atoms with Gasteiger partial charge in [-0.2, -0.15) is 13.2 Å². The maximum Gasteiger partial charge on any atom is 0.416 e. The summed E-state index contributed by atoms with van der Waals surface area (Å²) < 4.78 is 44.8. The molecule has 0 unspecified atom stereocenters. The van der Waals surface area contributed by atoms with E-state index in [9.17, 15) is 18.0 Å². The fraction of sp³-hybridized carbons (Fsp3) is 0.111. The highest BCUT2D eigenvalue weighted by molar-refractivity contribution is 5.92. The fourth-order valence-electron chi connectivity index (χ4n) is 2.88. The number of alkyl halides is 3. The van der Waals surface area contributed by atoms with E-state index in [4.69, 9.17) is 5.73 Å². The minimum absolute atomic E-state index is 0.000146. The van der Waals surface area contributed by atoms with Gasteiger partial charge >= 0.3 is 6.18 Å². The molecule has 0 spiro atoms. The molecule has 0 bridgehead atoms. The van der Waals surface area contributed by atoms with Crippen molar-refractivity contribution >= 4 is 28.4 Å². The highest BCUT2D eigenvalue weighted by Gasteiger charge is 2.30. The van der Waals surface area contributed by atoms with Crippen LogP contribution in [0.2, 0.25) is 0 Å². The number of nitrogens with zero attached hydrogens (tertiary/aromatic N) is 4. The molecule has 0 aliphatic carbocycles. The number of hydrogen-bond donors (Lipinski definition) is 2. The van der Waals surface area contributed by atoms with E-state index in [-0.39, 0.29) is 29.6 Å². The average molecular weight is 402 g/mol. The number of para-hydroxylation sites is 2. The van der Waals surface area contributed by atoms with Crippen molar-refractivity contribution in [3.05, 3.63) is 54.1 Å². The van der Waals surface area contributed by atoms with E-state index < -0.39 is 17.6 Å². The van der Waals surface area contributed by atoms with Crippen molar-refractivity contribution in [3.8, 4) is 11.5 Å². The van der Waals surface area contributed by atoms with E-state index in [1.165, 1.54) is 16.7 Å². The van der Waals surface area contributed by atoms with Crippen molar-refractivity contribution in [2.24, 2.45) is 0 Å². The van der Waals surface area contributed by atoms with E-state index in [1.807, 2.05) is 0 Å². The summed E-state index contributed by atoms with van der Waals surface area (Å²) in [6.45, 7) is -0.238. The van der Waals surface area contributed by atoms with Crippen molar-refractivity contribution < 1.29 is 22.6 Å². The van der Waals surface area contributed by atoms with E-state index in [2.05, 4.69) is 25.2 Å². The molecule has 0 saturated carbocycles. The molecule has 8 nitrogen and oxygen atoms in total. The maximum absolute atomic E-state index is 12.9. The first-order valence-corrected chi connectivity index (χ1v) is 8.34. The van der Waals surface area contributed by atoms with Crippen LogP contribution in [0.3, 0.4) is 0 Å². The van der Waals surface area contributed by atoms with Gasteiger partial charge in [-0.3, -0.25) is 4.79 Å². The second-order valence-electron chi connectivity index (χ2n) is 6.14. The Morgan fingerprint density at radius 3 is 2.66 bits per heavy atom. The van der Waals surface area contributed by atoms with Gasteiger partial charge in [-0.25, -0.2) is 9.61 Å². The van der Waals surface area contributed by atoms with Gasteiger partial charge in [0.25, 0.3) is 0 Å². The van der Waals surface area contributed by atoms with Crippen molar-refractivity contribution in [1.82, 2.24) is 19.9 Å². The Bertz CT molecular complexity index is 1200. The number of fused-ring (bicyclic) bond motifs is 1. The van der Waals surface area contributed by atoms with Gasteiger partial charge in [-0.1, -0.05) is 18.2 Å². The highest BCUT2D eigenvalue weighted by atomic mass is 19.4. The predicted molar refractivity (Wildman–Crippen MR) is 97.5 cm³/mol. The third-order valence-electron chi connectivity index (χ3n) is 4.16. The first kappa shape index (κ1) is 18.5. The Balaban J connectivity index is 1.66. The quantitative estimate of drug-likeness (QED) is 0.542. The zero-order chi connectivity index (χ0) is 20.6. The molecule has 3 N–H and O–H groups in total. The number of rotatable bonds is 4. The summed E-state index contributed by atoms with van der Waals surface area (Å²) in [4.78, 5) is 17.0. The fourth-order valence-corrected chi connectivity index (χ4v) is 2.88. The number of aromatic nitrogens is 4. The number of amides is 1. The molecule has 4 rings (SSSR count). The van der Waals surface area contributed by atoms with Gasteiger partial charge in [0.2, 0.25) is 5.91 Å². The van der Waals surface area contributed by atoms with Crippen molar-refractivity contribution in [3.63, 3.8) is 0 Å². The summed E-state index contributed by atoms with van der Waals surface area (Å²) in [6.07, 6.45) is -4.51. The standard InChI is InChI=1S/C18H13F3N6O2/c19-18(20,21)10-4-3-5-11(8-10)23-14(28)9-27-13-7-2-1-6-12(13)24-17(27)15-16(22)26-29-25-15/h1-8H,9H2,(H2,22,26)(H,23,28). The SMILES string of the molecule is Nc1nonc1-c1nc2ccccc2n1CC(=O)Nc1cccc(C(F)(F)F)c1. The van der Waals surface area contributed by atoms with Gasteiger partial charge in [0.15, 0.2) is 17.3 Å². The minimum atomic E-state index is -4.51. The molecular weight excluding hydrogens is 389 g/mol. The van der Waals surface area contributed by atoms with Gasteiger partial charge in [0.05, 0.1) is 16.6 Å². The molecule has 0 aliphatic heterocycles. The molecule has 148 valence electrons. The largest absolute Gasteiger partial charge is 0.416 e. The lowest BCUT2D eigenvalue weighted by Gasteiger charge is -2.11. The number of nitrogens with two attached hydrogens (primary N) is 1. The number of benzene rings is 2. The van der Waals surface area contributed by atoms with Crippen LogP contribution < -0.4 is 11.1 Å². The van der Waals surface area contributed by atoms with Gasteiger partial charge in [-0.05, 0) is 40.6 Å². The summed E-state index contributed by atoms with van der Waals surface area (Å²) in [5, 5.41) is 9.70. The molecule has 4 aromatic rings. The van der Waals surface area contributed by atoms with Crippen LogP contribution >= 0.6 is 0 Å². The molecular formula is C18H13F3N6O2.